The second-order valence-electron chi connectivity index (χ2n) is 7.07. The van der Waals surface area contributed by atoms with Crippen LogP contribution in [0, 0.1) is 20.8 Å². The monoisotopic (exact) mass is 444 g/mol. The van der Waals surface area contributed by atoms with Gasteiger partial charge in [-0.25, -0.2) is 0 Å². The minimum Gasteiger partial charge on any atom is -0.383 e. The smallest absolute Gasteiger partial charge is 0.234 e. The summed E-state index contributed by atoms with van der Waals surface area (Å²) >= 11 is 7.35. The van der Waals surface area contributed by atoms with Gasteiger partial charge in [0.2, 0.25) is 5.91 Å². The SMILES string of the molecule is COCCn1c(SCC(=O)Nc2c(C)cc(C)cc2C)nnc1-c1ccc(Cl)cc1. The number of nitrogens with one attached hydrogen (secondary N) is 1. The first-order valence-corrected chi connectivity index (χ1v) is 10.9. The van der Waals surface area contributed by atoms with Gasteiger partial charge < -0.3 is 10.1 Å². The number of amides is 1. The Kier molecular flexibility index (Phi) is 7.53. The number of benzene rings is 2. The number of aromatic nitrogens is 3. The molecule has 0 spiro atoms. The molecule has 1 amide bonds. The molecule has 0 saturated carbocycles. The first-order chi connectivity index (χ1) is 14.4. The number of rotatable bonds is 8. The van der Waals surface area contributed by atoms with E-state index in [1.54, 1.807) is 7.11 Å². The Morgan fingerprint density at radius 1 is 1.13 bits per heavy atom. The molecule has 1 N–H and O–H groups in total. The number of hydrogen-bond acceptors (Lipinski definition) is 5. The van der Waals surface area contributed by atoms with Gasteiger partial charge in [0.15, 0.2) is 11.0 Å². The van der Waals surface area contributed by atoms with Crippen molar-refractivity contribution in [3.63, 3.8) is 0 Å². The number of nitrogens with zero attached hydrogens (tertiary/aromatic N) is 3. The van der Waals surface area contributed by atoms with E-state index in [0.717, 1.165) is 28.2 Å². The van der Waals surface area contributed by atoms with Crippen LogP contribution in [0.5, 0.6) is 0 Å². The first-order valence-electron chi connectivity index (χ1n) is 9.57. The van der Waals surface area contributed by atoms with Crippen LogP contribution in [-0.4, -0.2) is 40.1 Å². The van der Waals surface area contributed by atoms with E-state index in [0.29, 0.717) is 23.3 Å². The zero-order chi connectivity index (χ0) is 21.7. The fourth-order valence-corrected chi connectivity index (χ4v) is 4.17. The number of anilines is 1. The average Bonchev–Trinajstić information content (AvgIpc) is 3.10. The second-order valence-corrected chi connectivity index (χ2v) is 8.45. The fourth-order valence-electron chi connectivity index (χ4n) is 3.27. The number of carbonyl (C=O) groups is 1. The highest BCUT2D eigenvalue weighted by Gasteiger charge is 2.16. The van der Waals surface area contributed by atoms with Gasteiger partial charge in [-0.3, -0.25) is 9.36 Å². The summed E-state index contributed by atoms with van der Waals surface area (Å²) in [5, 5.41) is 13.0. The third-order valence-corrected chi connectivity index (χ3v) is 5.83. The van der Waals surface area contributed by atoms with Gasteiger partial charge in [-0.1, -0.05) is 41.1 Å². The summed E-state index contributed by atoms with van der Waals surface area (Å²) in [6.45, 7) is 7.15. The van der Waals surface area contributed by atoms with Gasteiger partial charge >= 0.3 is 0 Å². The van der Waals surface area contributed by atoms with Crippen molar-refractivity contribution in [3.05, 3.63) is 58.1 Å². The van der Waals surface area contributed by atoms with Crippen LogP contribution in [0.2, 0.25) is 5.02 Å². The number of hydrogen-bond donors (Lipinski definition) is 1. The zero-order valence-corrected chi connectivity index (χ0v) is 19.1. The summed E-state index contributed by atoms with van der Waals surface area (Å²) in [5.41, 5.74) is 5.07. The summed E-state index contributed by atoms with van der Waals surface area (Å²) in [5.74, 6) is 0.875. The van der Waals surface area contributed by atoms with Crippen molar-refractivity contribution in [2.24, 2.45) is 0 Å². The standard InChI is InChI=1S/C22H25ClN4O2S/c1-14-11-15(2)20(16(3)12-14)24-19(28)13-30-22-26-25-21(27(22)9-10-29-4)17-5-7-18(23)8-6-17/h5-8,11-12H,9-10,13H2,1-4H3,(H,24,28). The molecule has 0 aliphatic heterocycles. The minimum absolute atomic E-state index is 0.0793. The van der Waals surface area contributed by atoms with Crippen molar-refractivity contribution in [2.45, 2.75) is 32.5 Å². The molecule has 6 nitrogen and oxygen atoms in total. The van der Waals surface area contributed by atoms with Crippen molar-refractivity contribution in [1.29, 1.82) is 0 Å². The van der Waals surface area contributed by atoms with Gasteiger partial charge in [0.1, 0.15) is 0 Å². The van der Waals surface area contributed by atoms with E-state index in [-0.39, 0.29) is 11.7 Å². The molecule has 0 fully saturated rings. The molecule has 1 heterocycles. The predicted octanol–water partition coefficient (Wildman–Crippen LogP) is 4.90. The molecule has 0 atom stereocenters. The molecular formula is C22H25ClN4O2S. The Labute approximate surface area is 186 Å². The quantitative estimate of drug-likeness (QED) is 0.500. The van der Waals surface area contributed by atoms with Crippen LogP contribution >= 0.6 is 23.4 Å². The van der Waals surface area contributed by atoms with Crippen LogP contribution in [-0.2, 0) is 16.1 Å². The normalized spacial score (nSPS) is 11.0. The molecule has 0 saturated heterocycles. The zero-order valence-electron chi connectivity index (χ0n) is 17.5. The molecule has 0 bridgehead atoms. The Hall–Kier alpha value is -2.35. The third-order valence-electron chi connectivity index (χ3n) is 4.61. The van der Waals surface area contributed by atoms with Crippen LogP contribution in [0.3, 0.4) is 0 Å². The largest absolute Gasteiger partial charge is 0.383 e. The maximum atomic E-state index is 12.6. The van der Waals surface area contributed by atoms with Crippen molar-refractivity contribution < 1.29 is 9.53 Å². The van der Waals surface area contributed by atoms with Gasteiger partial charge in [0.05, 0.1) is 18.9 Å². The maximum absolute atomic E-state index is 12.6. The molecule has 2 aromatic carbocycles. The number of halogens is 1. The maximum Gasteiger partial charge on any atom is 0.234 e. The number of aryl methyl sites for hydroxylation is 3. The number of methoxy groups -OCH3 is 1. The van der Waals surface area contributed by atoms with Gasteiger partial charge in [0, 0.05) is 23.4 Å². The van der Waals surface area contributed by atoms with Crippen molar-refractivity contribution in [1.82, 2.24) is 14.8 Å². The molecule has 0 unspecified atom stereocenters. The Balaban J connectivity index is 1.74. The van der Waals surface area contributed by atoms with Crippen molar-refractivity contribution >= 4 is 35.0 Å². The van der Waals surface area contributed by atoms with Crippen LogP contribution in [0.25, 0.3) is 11.4 Å². The summed E-state index contributed by atoms with van der Waals surface area (Å²) < 4.78 is 7.20. The Morgan fingerprint density at radius 2 is 1.80 bits per heavy atom. The Bertz CT molecular complexity index is 1010. The lowest BCUT2D eigenvalue weighted by molar-refractivity contribution is -0.113. The fraction of sp³-hybridized carbons (Fsp3) is 0.318. The average molecular weight is 445 g/mol. The van der Waals surface area contributed by atoms with Gasteiger partial charge in [-0.15, -0.1) is 10.2 Å². The lowest BCUT2D eigenvalue weighted by Gasteiger charge is -2.13. The molecule has 158 valence electrons. The summed E-state index contributed by atoms with van der Waals surface area (Å²) in [4.78, 5) is 12.6. The second kappa shape index (κ2) is 10.1. The van der Waals surface area contributed by atoms with Crippen LogP contribution < -0.4 is 5.32 Å². The summed E-state index contributed by atoms with van der Waals surface area (Å²) in [6, 6.07) is 11.6. The highest BCUT2D eigenvalue weighted by molar-refractivity contribution is 7.99. The molecule has 0 aliphatic carbocycles. The molecule has 8 heteroatoms. The van der Waals surface area contributed by atoms with E-state index in [9.17, 15) is 4.79 Å². The number of ether oxygens (including phenoxy) is 1. The van der Waals surface area contributed by atoms with Gasteiger partial charge in [-0.2, -0.15) is 0 Å². The van der Waals surface area contributed by atoms with E-state index in [1.807, 2.05) is 49.6 Å². The van der Waals surface area contributed by atoms with E-state index in [4.69, 9.17) is 16.3 Å². The molecule has 1 aromatic heterocycles. The lowest BCUT2D eigenvalue weighted by atomic mass is 10.1. The first kappa shape index (κ1) is 22.3. The van der Waals surface area contributed by atoms with E-state index in [2.05, 4.69) is 27.6 Å². The predicted molar refractivity (Wildman–Crippen MR) is 122 cm³/mol. The molecular weight excluding hydrogens is 420 g/mol. The van der Waals surface area contributed by atoms with Crippen LogP contribution in [0.1, 0.15) is 16.7 Å². The van der Waals surface area contributed by atoms with E-state index >= 15 is 0 Å². The van der Waals surface area contributed by atoms with E-state index in [1.165, 1.54) is 17.3 Å². The third kappa shape index (κ3) is 5.41. The topological polar surface area (TPSA) is 69.0 Å². The molecule has 3 aromatic rings. The highest BCUT2D eigenvalue weighted by Crippen LogP contribution is 2.26. The van der Waals surface area contributed by atoms with Gasteiger partial charge in [-0.05, 0) is 56.2 Å². The summed E-state index contributed by atoms with van der Waals surface area (Å²) in [6.07, 6.45) is 0. The van der Waals surface area contributed by atoms with E-state index < -0.39 is 0 Å². The summed E-state index contributed by atoms with van der Waals surface area (Å²) in [7, 11) is 1.65. The number of carbonyl (C=O) groups excluding carboxylic acids is 1. The minimum atomic E-state index is -0.0793. The van der Waals surface area contributed by atoms with Crippen molar-refractivity contribution in [3.8, 4) is 11.4 Å². The lowest BCUT2D eigenvalue weighted by Crippen LogP contribution is -2.16. The van der Waals surface area contributed by atoms with Crippen LogP contribution in [0.4, 0.5) is 5.69 Å². The van der Waals surface area contributed by atoms with Crippen molar-refractivity contribution in [2.75, 3.05) is 24.8 Å². The Morgan fingerprint density at radius 3 is 2.43 bits per heavy atom. The number of thioether (sulfide) groups is 1. The highest BCUT2D eigenvalue weighted by atomic mass is 35.5. The molecule has 0 radical (unpaired) electrons. The van der Waals surface area contributed by atoms with Gasteiger partial charge in [0.25, 0.3) is 0 Å². The molecule has 0 aliphatic rings. The molecule has 3 rings (SSSR count). The molecule has 30 heavy (non-hydrogen) atoms. The van der Waals surface area contributed by atoms with Crippen LogP contribution in [0.15, 0.2) is 41.6 Å².